The average Bonchev–Trinajstić information content (AvgIpc) is 2.33. The fraction of sp³-hybridized carbons (Fsp3) is 0.167. The molecule has 0 unspecified atom stereocenters. The highest BCUT2D eigenvalue weighted by molar-refractivity contribution is 5.38. The van der Waals surface area contributed by atoms with E-state index in [1.807, 2.05) is 25.1 Å². The summed E-state index contributed by atoms with van der Waals surface area (Å²) in [5, 5.41) is 7.62. The van der Waals surface area contributed by atoms with Crippen molar-refractivity contribution >= 4 is 0 Å². The van der Waals surface area contributed by atoms with Crippen LogP contribution in [0.15, 0.2) is 36.5 Å². The van der Waals surface area contributed by atoms with E-state index in [9.17, 15) is 0 Å². The standard InChI is InChI=1S/C12H13N3O/c1-9-4-5-10(8-13)7-11(9)16-12-3-2-6-14-15-12/h2-7H,8,13H2,1H3. The number of aryl methyl sites for hydroxylation is 1. The average molecular weight is 215 g/mol. The summed E-state index contributed by atoms with van der Waals surface area (Å²) in [6.45, 7) is 2.48. The highest BCUT2D eigenvalue weighted by Gasteiger charge is 2.03. The topological polar surface area (TPSA) is 61.0 Å². The van der Waals surface area contributed by atoms with Gasteiger partial charge in [-0.05, 0) is 30.2 Å². The van der Waals surface area contributed by atoms with E-state index in [1.54, 1.807) is 18.3 Å². The predicted molar refractivity (Wildman–Crippen MR) is 61.2 cm³/mol. The summed E-state index contributed by atoms with van der Waals surface area (Å²) >= 11 is 0. The van der Waals surface area contributed by atoms with Gasteiger partial charge in [0.05, 0.1) is 0 Å². The van der Waals surface area contributed by atoms with E-state index >= 15 is 0 Å². The summed E-state index contributed by atoms with van der Waals surface area (Å²) in [6.07, 6.45) is 1.61. The summed E-state index contributed by atoms with van der Waals surface area (Å²) in [5.41, 5.74) is 7.65. The summed E-state index contributed by atoms with van der Waals surface area (Å²) < 4.78 is 5.62. The minimum atomic E-state index is 0.486. The third-order valence-electron chi connectivity index (χ3n) is 2.25. The van der Waals surface area contributed by atoms with Gasteiger partial charge < -0.3 is 10.5 Å². The zero-order valence-corrected chi connectivity index (χ0v) is 9.05. The highest BCUT2D eigenvalue weighted by Crippen LogP contribution is 2.24. The Bertz CT molecular complexity index is 471. The molecule has 0 fully saturated rings. The zero-order chi connectivity index (χ0) is 11.4. The molecule has 0 saturated heterocycles. The molecule has 0 aliphatic heterocycles. The lowest BCUT2D eigenvalue weighted by molar-refractivity contribution is 0.451. The molecular weight excluding hydrogens is 202 g/mol. The number of ether oxygens (including phenoxy) is 1. The molecule has 0 atom stereocenters. The fourth-order valence-corrected chi connectivity index (χ4v) is 1.34. The molecule has 1 aromatic carbocycles. The van der Waals surface area contributed by atoms with Gasteiger partial charge in [0, 0.05) is 18.8 Å². The van der Waals surface area contributed by atoms with Gasteiger partial charge in [-0.1, -0.05) is 12.1 Å². The highest BCUT2D eigenvalue weighted by atomic mass is 16.5. The Balaban J connectivity index is 2.27. The van der Waals surface area contributed by atoms with Crippen LogP contribution in [0.3, 0.4) is 0 Å². The van der Waals surface area contributed by atoms with E-state index in [1.165, 1.54) is 0 Å². The second kappa shape index (κ2) is 4.72. The van der Waals surface area contributed by atoms with Gasteiger partial charge in [0.1, 0.15) is 5.75 Å². The van der Waals surface area contributed by atoms with Crippen LogP contribution in [-0.4, -0.2) is 10.2 Å². The number of benzene rings is 1. The first-order valence-electron chi connectivity index (χ1n) is 5.05. The van der Waals surface area contributed by atoms with E-state index < -0.39 is 0 Å². The molecule has 2 aromatic rings. The Kier molecular flexibility index (Phi) is 3.12. The van der Waals surface area contributed by atoms with Gasteiger partial charge in [-0.25, -0.2) is 0 Å². The van der Waals surface area contributed by atoms with Gasteiger partial charge in [0.2, 0.25) is 5.88 Å². The number of nitrogens with two attached hydrogens (primary N) is 1. The fourth-order valence-electron chi connectivity index (χ4n) is 1.34. The van der Waals surface area contributed by atoms with Crippen molar-refractivity contribution in [3.63, 3.8) is 0 Å². The maximum absolute atomic E-state index is 5.62. The molecule has 1 aromatic heterocycles. The molecular formula is C12H13N3O. The molecule has 4 heteroatoms. The molecule has 82 valence electrons. The molecule has 0 saturated carbocycles. The molecule has 0 aliphatic rings. The van der Waals surface area contributed by atoms with Gasteiger partial charge in [0.25, 0.3) is 0 Å². The van der Waals surface area contributed by atoms with Gasteiger partial charge >= 0.3 is 0 Å². The van der Waals surface area contributed by atoms with E-state index in [0.29, 0.717) is 12.4 Å². The number of rotatable bonds is 3. The summed E-state index contributed by atoms with van der Waals surface area (Å²) in [5.74, 6) is 1.25. The van der Waals surface area contributed by atoms with Crippen LogP contribution in [0.1, 0.15) is 11.1 Å². The van der Waals surface area contributed by atoms with Crippen LogP contribution in [0.25, 0.3) is 0 Å². The van der Waals surface area contributed by atoms with E-state index in [2.05, 4.69) is 10.2 Å². The third kappa shape index (κ3) is 2.35. The monoisotopic (exact) mass is 215 g/mol. The maximum Gasteiger partial charge on any atom is 0.238 e. The molecule has 0 spiro atoms. The van der Waals surface area contributed by atoms with Gasteiger partial charge in [-0.3, -0.25) is 0 Å². The quantitative estimate of drug-likeness (QED) is 0.851. The molecule has 0 radical (unpaired) electrons. The van der Waals surface area contributed by atoms with E-state index in [-0.39, 0.29) is 0 Å². The Morgan fingerprint density at radius 3 is 2.88 bits per heavy atom. The molecule has 2 N–H and O–H groups in total. The summed E-state index contributed by atoms with van der Waals surface area (Å²) in [4.78, 5) is 0. The van der Waals surface area contributed by atoms with Gasteiger partial charge in [0.15, 0.2) is 0 Å². The maximum atomic E-state index is 5.62. The van der Waals surface area contributed by atoms with Crippen molar-refractivity contribution in [3.05, 3.63) is 47.7 Å². The molecule has 2 rings (SSSR count). The second-order valence-electron chi connectivity index (χ2n) is 3.47. The van der Waals surface area contributed by atoms with Crippen LogP contribution in [0.2, 0.25) is 0 Å². The van der Waals surface area contributed by atoms with Crippen molar-refractivity contribution in [1.29, 1.82) is 0 Å². The van der Waals surface area contributed by atoms with Crippen LogP contribution in [0.4, 0.5) is 0 Å². The molecule has 4 nitrogen and oxygen atoms in total. The number of hydrogen-bond acceptors (Lipinski definition) is 4. The van der Waals surface area contributed by atoms with Crippen LogP contribution < -0.4 is 10.5 Å². The Hall–Kier alpha value is -1.94. The largest absolute Gasteiger partial charge is 0.437 e. The normalized spacial score (nSPS) is 10.1. The van der Waals surface area contributed by atoms with Crippen LogP contribution in [0, 0.1) is 6.92 Å². The molecule has 1 heterocycles. The lowest BCUT2D eigenvalue weighted by Gasteiger charge is -2.08. The smallest absolute Gasteiger partial charge is 0.238 e. The molecule has 0 aliphatic carbocycles. The summed E-state index contributed by atoms with van der Waals surface area (Å²) in [6, 6.07) is 9.43. The van der Waals surface area contributed by atoms with Gasteiger partial charge in [-0.15, -0.1) is 5.10 Å². The lowest BCUT2D eigenvalue weighted by Crippen LogP contribution is -1.98. The Morgan fingerprint density at radius 1 is 1.31 bits per heavy atom. The SMILES string of the molecule is Cc1ccc(CN)cc1Oc1cccnn1. The first-order chi connectivity index (χ1) is 7.79. The summed E-state index contributed by atoms with van der Waals surface area (Å²) in [7, 11) is 0. The van der Waals surface area contributed by atoms with Crippen molar-refractivity contribution in [1.82, 2.24) is 10.2 Å². The lowest BCUT2D eigenvalue weighted by atomic mass is 10.1. The van der Waals surface area contributed by atoms with Crippen molar-refractivity contribution in [2.45, 2.75) is 13.5 Å². The van der Waals surface area contributed by atoms with Crippen molar-refractivity contribution in [2.24, 2.45) is 5.73 Å². The molecule has 16 heavy (non-hydrogen) atoms. The zero-order valence-electron chi connectivity index (χ0n) is 9.05. The van der Waals surface area contributed by atoms with Crippen molar-refractivity contribution < 1.29 is 4.74 Å². The van der Waals surface area contributed by atoms with Crippen LogP contribution >= 0.6 is 0 Å². The minimum Gasteiger partial charge on any atom is -0.437 e. The number of hydrogen-bond donors (Lipinski definition) is 1. The number of aromatic nitrogens is 2. The van der Waals surface area contributed by atoms with Gasteiger partial charge in [-0.2, -0.15) is 5.10 Å². The van der Waals surface area contributed by atoms with Crippen molar-refractivity contribution in [3.8, 4) is 11.6 Å². The first kappa shape index (κ1) is 10.6. The van der Waals surface area contributed by atoms with Crippen LogP contribution in [-0.2, 0) is 6.54 Å². The van der Waals surface area contributed by atoms with E-state index in [0.717, 1.165) is 16.9 Å². The number of nitrogens with zero attached hydrogens (tertiary/aromatic N) is 2. The van der Waals surface area contributed by atoms with E-state index in [4.69, 9.17) is 10.5 Å². The van der Waals surface area contributed by atoms with Crippen LogP contribution in [0.5, 0.6) is 11.6 Å². The molecule has 0 amide bonds. The van der Waals surface area contributed by atoms with Crippen molar-refractivity contribution in [2.75, 3.05) is 0 Å². The third-order valence-corrected chi connectivity index (χ3v) is 2.25. The molecule has 0 bridgehead atoms. The second-order valence-corrected chi connectivity index (χ2v) is 3.47. The first-order valence-corrected chi connectivity index (χ1v) is 5.05. The Morgan fingerprint density at radius 2 is 2.19 bits per heavy atom. The minimum absolute atomic E-state index is 0.486. The predicted octanol–water partition coefficient (Wildman–Crippen LogP) is 2.04. The Labute approximate surface area is 94.1 Å².